The maximum Gasteiger partial charge on any atom is -0.172 e. The van der Waals surface area contributed by atoms with Crippen molar-refractivity contribution in [3.8, 4) is 0 Å². The topological polar surface area (TPSA) is 3.24 Å². The third kappa shape index (κ3) is 44.0. The predicted molar refractivity (Wildman–Crippen MR) is 59.2 cm³/mol. The summed E-state index contributed by atoms with van der Waals surface area (Å²) >= 11 is -1.92. The molecular formula is C8H14Cl3NTi. The van der Waals surface area contributed by atoms with Gasteiger partial charge in [-0.3, -0.25) is 0 Å². The average Bonchev–Trinajstić information content (AvgIpc) is 2.35. The van der Waals surface area contributed by atoms with Gasteiger partial charge in [-0.1, -0.05) is 0 Å². The van der Waals surface area contributed by atoms with E-state index >= 15 is 0 Å². The normalized spacial score (nSPS) is 7.92. The summed E-state index contributed by atoms with van der Waals surface area (Å²) in [7, 11) is 20.9. The molecule has 13 heavy (non-hydrogen) atoms. The molecule has 0 unspecified atom stereocenters. The summed E-state index contributed by atoms with van der Waals surface area (Å²) in [4.78, 5) is 2.00. The van der Waals surface area contributed by atoms with E-state index in [1.54, 1.807) is 0 Å². The van der Waals surface area contributed by atoms with Crippen molar-refractivity contribution in [2.75, 3.05) is 21.1 Å². The van der Waals surface area contributed by atoms with Crippen LogP contribution in [0.1, 0.15) is 0 Å². The van der Waals surface area contributed by atoms with Crippen molar-refractivity contribution in [2.45, 2.75) is 0 Å². The first-order valence-corrected chi connectivity index (χ1v) is 10.0. The van der Waals surface area contributed by atoms with Gasteiger partial charge in [-0.05, 0) is 21.1 Å². The Kier molecular flexibility index (Phi) is 16.2. The molecule has 0 saturated heterocycles. The van der Waals surface area contributed by atoms with E-state index in [9.17, 15) is 0 Å². The van der Waals surface area contributed by atoms with Crippen LogP contribution in [-0.4, -0.2) is 26.0 Å². The number of rotatable bonds is 0. The Labute approximate surface area is 98.4 Å². The van der Waals surface area contributed by atoms with Gasteiger partial charge < -0.3 is 4.90 Å². The van der Waals surface area contributed by atoms with Crippen LogP contribution < -0.4 is 0 Å². The van der Waals surface area contributed by atoms with Crippen LogP contribution in [0.25, 0.3) is 0 Å². The van der Waals surface area contributed by atoms with Gasteiger partial charge in [0.1, 0.15) is 0 Å². The first kappa shape index (κ1) is 16.3. The fourth-order valence-electron chi connectivity index (χ4n) is 0.321. The molecule has 0 N–H and O–H groups in total. The standard InChI is InChI=1S/C5H5.C3H9N.3ClH.Ti/c1-2-4-5-3-1;1-4(2)3;;;;/h1-5H;1-3H3;3*1H;/q-1;;;;;+4/p-3. The van der Waals surface area contributed by atoms with Crippen molar-refractivity contribution in [3.05, 3.63) is 30.3 Å². The van der Waals surface area contributed by atoms with Gasteiger partial charge in [-0.2, -0.15) is 18.2 Å². The van der Waals surface area contributed by atoms with Crippen LogP contribution in [-0.2, 0) is 14.7 Å². The third-order valence-corrected chi connectivity index (χ3v) is 0.556. The van der Waals surface area contributed by atoms with Crippen LogP contribution >= 0.6 is 27.9 Å². The van der Waals surface area contributed by atoms with Gasteiger partial charge in [0, 0.05) is 0 Å². The minimum atomic E-state index is -1.92. The number of nitrogens with zero attached hydrogens (tertiary/aromatic N) is 1. The molecular weight excluding hydrogens is 264 g/mol. The van der Waals surface area contributed by atoms with E-state index in [0.717, 1.165) is 0 Å². The molecule has 0 saturated carbocycles. The van der Waals surface area contributed by atoms with Gasteiger partial charge in [0.05, 0.1) is 0 Å². The molecule has 0 bridgehead atoms. The van der Waals surface area contributed by atoms with E-state index in [2.05, 4.69) is 0 Å². The monoisotopic (exact) mass is 277 g/mol. The molecule has 1 rings (SSSR count). The second-order valence-electron chi connectivity index (χ2n) is 2.52. The van der Waals surface area contributed by atoms with Crippen molar-refractivity contribution < 1.29 is 14.7 Å². The predicted octanol–water partition coefficient (Wildman–Crippen LogP) is 3.65. The van der Waals surface area contributed by atoms with E-state index in [4.69, 9.17) is 27.9 Å². The van der Waals surface area contributed by atoms with Crippen LogP contribution in [0.5, 0.6) is 0 Å². The van der Waals surface area contributed by atoms with Crippen molar-refractivity contribution in [1.29, 1.82) is 0 Å². The molecule has 0 atom stereocenters. The van der Waals surface area contributed by atoms with Crippen LogP contribution in [0.15, 0.2) is 30.3 Å². The van der Waals surface area contributed by atoms with Gasteiger partial charge in [-0.15, -0.1) is 0 Å². The van der Waals surface area contributed by atoms with Gasteiger partial charge >= 0.3 is 42.6 Å². The van der Waals surface area contributed by atoms with Crippen LogP contribution in [0.4, 0.5) is 0 Å². The molecule has 1 aromatic rings. The summed E-state index contributed by atoms with van der Waals surface area (Å²) in [6, 6.07) is 10.0. The molecule has 0 aliphatic heterocycles. The van der Waals surface area contributed by atoms with Crippen LogP contribution in [0.3, 0.4) is 0 Å². The molecule has 0 aromatic heterocycles. The third-order valence-electron chi connectivity index (χ3n) is 0.556. The summed E-state index contributed by atoms with van der Waals surface area (Å²) in [5, 5.41) is 0. The fourth-order valence-corrected chi connectivity index (χ4v) is 0.321. The van der Waals surface area contributed by atoms with Crippen molar-refractivity contribution in [3.63, 3.8) is 0 Å². The Hall–Kier alpha value is 0.894. The summed E-state index contributed by atoms with van der Waals surface area (Å²) in [6.45, 7) is 0. The molecule has 0 heterocycles. The summed E-state index contributed by atoms with van der Waals surface area (Å²) < 4.78 is 0. The molecule has 1 aromatic carbocycles. The van der Waals surface area contributed by atoms with Gasteiger partial charge in [0.15, 0.2) is 0 Å². The van der Waals surface area contributed by atoms with Gasteiger partial charge in [0.25, 0.3) is 0 Å². The molecule has 76 valence electrons. The number of hydrogen-bond acceptors (Lipinski definition) is 1. The largest absolute Gasteiger partial charge is 0.214 e. The van der Waals surface area contributed by atoms with Crippen LogP contribution in [0.2, 0.25) is 0 Å². The molecule has 0 fully saturated rings. The summed E-state index contributed by atoms with van der Waals surface area (Å²) in [5.41, 5.74) is 0. The molecule has 0 aliphatic carbocycles. The maximum absolute atomic E-state index is 4.97. The van der Waals surface area contributed by atoms with Crippen molar-refractivity contribution in [2.24, 2.45) is 0 Å². The Morgan fingerprint density at radius 3 is 1.31 bits per heavy atom. The Morgan fingerprint density at radius 1 is 1.00 bits per heavy atom. The molecule has 5 heteroatoms. The molecule has 0 spiro atoms. The second kappa shape index (κ2) is 12.9. The Bertz CT molecular complexity index is 126. The van der Waals surface area contributed by atoms with E-state index in [1.807, 2.05) is 56.4 Å². The maximum atomic E-state index is 4.97. The van der Waals surface area contributed by atoms with Gasteiger partial charge in [-0.25, -0.2) is 12.1 Å². The summed E-state index contributed by atoms with van der Waals surface area (Å²) in [5.74, 6) is 0. The van der Waals surface area contributed by atoms with E-state index < -0.39 is 14.7 Å². The fraction of sp³-hybridized carbons (Fsp3) is 0.375. The van der Waals surface area contributed by atoms with E-state index in [1.165, 1.54) is 0 Å². The zero-order valence-corrected chi connectivity index (χ0v) is 11.8. The number of hydrogen-bond donors (Lipinski definition) is 0. The summed E-state index contributed by atoms with van der Waals surface area (Å²) in [6.07, 6.45) is 0. The minimum Gasteiger partial charge on any atom is -0.214 e. The zero-order valence-electron chi connectivity index (χ0n) is 7.97. The smallest absolute Gasteiger partial charge is 0.172 e. The van der Waals surface area contributed by atoms with Gasteiger partial charge in [0.2, 0.25) is 0 Å². The van der Waals surface area contributed by atoms with E-state index in [-0.39, 0.29) is 0 Å². The number of halogens is 3. The Morgan fingerprint density at radius 2 is 1.23 bits per heavy atom. The molecule has 0 aliphatic rings. The Balaban J connectivity index is 0. The first-order valence-electron chi connectivity index (χ1n) is 3.58. The molecule has 1 nitrogen and oxygen atoms in total. The molecule has 0 amide bonds. The van der Waals surface area contributed by atoms with Crippen molar-refractivity contribution in [1.82, 2.24) is 4.90 Å². The van der Waals surface area contributed by atoms with Crippen LogP contribution in [0, 0.1) is 0 Å². The average molecular weight is 278 g/mol. The minimum absolute atomic E-state index is 1.92. The first-order chi connectivity index (χ1) is 5.96. The quantitative estimate of drug-likeness (QED) is 0.517. The molecule has 0 radical (unpaired) electrons. The second-order valence-corrected chi connectivity index (χ2v) is 10.3. The zero-order chi connectivity index (χ0) is 10.7. The van der Waals surface area contributed by atoms with E-state index in [0.29, 0.717) is 0 Å². The SMILES string of the molecule is CN(C)C.[Cl][Ti+]([Cl])[Cl].c1cc[cH-]c1. The van der Waals surface area contributed by atoms with Crippen molar-refractivity contribution >= 4 is 27.9 Å².